The molecular formula is C14H18ClN3. The van der Waals surface area contributed by atoms with E-state index >= 15 is 0 Å². The van der Waals surface area contributed by atoms with Gasteiger partial charge in [-0.25, -0.2) is 0 Å². The average molecular weight is 264 g/mol. The smallest absolute Gasteiger partial charge is 0.0474 e. The van der Waals surface area contributed by atoms with E-state index in [1.807, 2.05) is 12.1 Å². The number of aromatic amines is 1. The second-order valence-electron chi connectivity index (χ2n) is 5.12. The van der Waals surface area contributed by atoms with Crippen LogP contribution >= 0.6 is 11.6 Å². The number of hydrogen-bond acceptors (Lipinski definition) is 2. The zero-order valence-corrected chi connectivity index (χ0v) is 11.5. The number of fused-ring (bicyclic) bond motifs is 1. The Bertz CT molecular complexity index is 576. The molecule has 1 atom stereocenters. The van der Waals surface area contributed by atoms with Crippen molar-refractivity contribution in [2.75, 3.05) is 26.7 Å². The number of halogens is 1. The summed E-state index contributed by atoms with van der Waals surface area (Å²) in [5.74, 6) is 0. The number of piperazine rings is 1. The largest absolute Gasteiger partial charge is 0.358 e. The third-order valence-electron chi connectivity index (χ3n) is 3.72. The quantitative estimate of drug-likeness (QED) is 0.829. The van der Waals surface area contributed by atoms with Gasteiger partial charge in [0.1, 0.15) is 0 Å². The van der Waals surface area contributed by atoms with Crippen LogP contribution in [0.2, 0.25) is 5.02 Å². The predicted octanol–water partition coefficient (Wildman–Crippen LogP) is 2.71. The first kappa shape index (κ1) is 12.0. The van der Waals surface area contributed by atoms with Gasteiger partial charge in [0.05, 0.1) is 0 Å². The van der Waals surface area contributed by atoms with E-state index in [0.717, 1.165) is 30.2 Å². The molecule has 0 spiro atoms. The highest BCUT2D eigenvalue weighted by Crippen LogP contribution is 2.30. The Labute approximate surface area is 112 Å². The molecule has 1 aromatic heterocycles. The normalized spacial score (nSPS) is 21.6. The molecule has 1 aliphatic heterocycles. The maximum atomic E-state index is 6.05. The van der Waals surface area contributed by atoms with Crippen LogP contribution in [0, 0.1) is 6.92 Å². The van der Waals surface area contributed by atoms with Crippen molar-refractivity contribution in [2.45, 2.75) is 13.0 Å². The number of likely N-dealkylation sites (N-methyl/N-ethyl adjacent to an activating group) is 1. The summed E-state index contributed by atoms with van der Waals surface area (Å²) >= 11 is 6.05. The SMILES string of the molecule is Cc1[nH]c2cc(Cl)ccc2c1C1CN(C)CCN1. The minimum atomic E-state index is 0.402. The highest BCUT2D eigenvalue weighted by Gasteiger charge is 2.22. The van der Waals surface area contributed by atoms with Gasteiger partial charge in [0.15, 0.2) is 0 Å². The number of aryl methyl sites for hydroxylation is 1. The van der Waals surface area contributed by atoms with E-state index in [2.05, 4.69) is 35.2 Å². The molecule has 2 N–H and O–H groups in total. The van der Waals surface area contributed by atoms with Crippen molar-refractivity contribution in [3.05, 3.63) is 34.5 Å². The van der Waals surface area contributed by atoms with Crippen LogP contribution in [0.1, 0.15) is 17.3 Å². The summed E-state index contributed by atoms with van der Waals surface area (Å²) < 4.78 is 0. The first-order chi connectivity index (χ1) is 8.65. The lowest BCUT2D eigenvalue weighted by Crippen LogP contribution is -2.43. The number of aromatic nitrogens is 1. The van der Waals surface area contributed by atoms with Crippen LogP contribution in [0.4, 0.5) is 0 Å². The minimum Gasteiger partial charge on any atom is -0.358 e. The molecule has 18 heavy (non-hydrogen) atoms. The van der Waals surface area contributed by atoms with E-state index in [0.29, 0.717) is 6.04 Å². The Hall–Kier alpha value is -1.03. The Kier molecular flexibility index (Phi) is 3.06. The van der Waals surface area contributed by atoms with Crippen molar-refractivity contribution in [1.82, 2.24) is 15.2 Å². The van der Waals surface area contributed by atoms with E-state index in [4.69, 9.17) is 11.6 Å². The monoisotopic (exact) mass is 263 g/mol. The van der Waals surface area contributed by atoms with Crippen LogP contribution < -0.4 is 5.32 Å². The molecule has 0 aliphatic carbocycles. The number of H-pyrrole nitrogens is 1. The van der Waals surface area contributed by atoms with Gasteiger partial charge in [-0.2, -0.15) is 0 Å². The van der Waals surface area contributed by atoms with Crippen molar-refractivity contribution in [3.8, 4) is 0 Å². The molecule has 3 rings (SSSR count). The van der Waals surface area contributed by atoms with Crippen LogP contribution in [0.5, 0.6) is 0 Å². The molecular weight excluding hydrogens is 246 g/mol. The molecule has 2 heterocycles. The van der Waals surface area contributed by atoms with Gasteiger partial charge >= 0.3 is 0 Å². The van der Waals surface area contributed by atoms with Gasteiger partial charge in [0.2, 0.25) is 0 Å². The Morgan fingerprint density at radius 2 is 2.22 bits per heavy atom. The van der Waals surface area contributed by atoms with E-state index < -0.39 is 0 Å². The molecule has 1 unspecified atom stereocenters. The van der Waals surface area contributed by atoms with Crippen LogP contribution in [0.25, 0.3) is 10.9 Å². The Morgan fingerprint density at radius 1 is 1.39 bits per heavy atom. The summed E-state index contributed by atoms with van der Waals surface area (Å²) in [5, 5.41) is 5.67. The van der Waals surface area contributed by atoms with Gasteiger partial charge in [-0.15, -0.1) is 0 Å². The average Bonchev–Trinajstić information content (AvgIpc) is 2.64. The zero-order chi connectivity index (χ0) is 12.7. The summed E-state index contributed by atoms with van der Waals surface area (Å²) in [6, 6.07) is 6.48. The summed E-state index contributed by atoms with van der Waals surface area (Å²) in [6.45, 7) is 5.35. The summed E-state index contributed by atoms with van der Waals surface area (Å²) in [4.78, 5) is 5.81. The van der Waals surface area contributed by atoms with Gasteiger partial charge in [-0.05, 0) is 31.7 Å². The molecule has 2 aromatic rings. The highest BCUT2D eigenvalue weighted by atomic mass is 35.5. The lowest BCUT2D eigenvalue weighted by molar-refractivity contribution is 0.241. The number of benzene rings is 1. The van der Waals surface area contributed by atoms with Gasteiger partial charge in [0, 0.05) is 47.3 Å². The van der Waals surface area contributed by atoms with Gasteiger partial charge < -0.3 is 15.2 Å². The number of hydrogen-bond donors (Lipinski definition) is 2. The summed E-state index contributed by atoms with van der Waals surface area (Å²) in [5.41, 5.74) is 3.75. The van der Waals surface area contributed by atoms with E-state index in [1.165, 1.54) is 16.6 Å². The molecule has 0 saturated carbocycles. The fourth-order valence-electron chi connectivity index (χ4n) is 2.87. The second kappa shape index (κ2) is 4.57. The van der Waals surface area contributed by atoms with Crippen LogP contribution in [0.3, 0.4) is 0 Å². The van der Waals surface area contributed by atoms with Gasteiger partial charge in [0.25, 0.3) is 0 Å². The van der Waals surface area contributed by atoms with Crippen molar-refractivity contribution >= 4 is 22.5 Å². The molecule has 0 radical (unpaired) electrons. The molecule has 0 amide bonds. The van der Waals surface area contributed by atoms with E-state index in [1.54, 1.807) is 0 Å². The highest BCUT2D eigenvalue weighted by molar-refractivity contribution is 6.31. The van der Waals surface area contributed by atoms with E-state index in [-0.39, 0.29) is 0 Å². The van der Waals surface area contributed by atoms with Gasteiger partial charge in [-0.1, -0.05) is 17.7 Å². The molecule has 1 fully saturated rings. The summed E-state index contributed by atoms with van der Waals surface area (Å²) in [7, 11) is 2.18. The zero-order valence-electron chi connectivity index (χ0n) is 10.8. The molecule has 1 aromatic carbocycles. The first-order valence-electron chi connectivity index (χ1n) is 6.35. The summed E-state index contributed by atoms with van der Waals surface area (Å²) in [6.07, 6.45) is 0. The Morgan fingerprint density at radius 3 is 3.00 bits per heavy atom. The maximum absolute atomic E-state index is 6.05. The number of nitrogens with one attached hydrogen (secondary N) is 2. The number of nitrogens with zero attached hydrogens (tertiary/aromatic N) is 1. The minimum absolute atomic E-state index is 0.402. The number of rotatable bonds is 1. The predicted molar refractivity (Wildman–Crippen MR) is 76.3 cm³/mol. The fourth-order valence-corrected chi connectivity index (χ4v) is 3.04. The second-order valence-corrected chi connectivity index (χ2v) is 5.56. The third kappa shape index (κ3) is 2.03. The molecule has 0 bridgehead atoms. The maximum Gasteiger partial charge on any atom is 0.0474 e. The third-order valence-corrected chi connectivity index (χ3v) is 3.96. The standard InChI is InChI=1S/C14H18ClN3/c1-9-14(13-8-18(2)6-5-16-13)11-4-3-10(15)7-12(11)17-9/h3-4,7,13,16-17H,5-6,8H2,1-2H3. The van der Waals surface area contributed by atoms with Crippen molar-refractivity contribution in [2.24, 2.45) is 0 Å². The molecule has 1 saturated heterocycles. The first-order valence-corrected chi connectivity index (χ1v) is 6.72. The van der Waals surface area contributed by atoms with Crippen LogP contribution in [-0.4, -0.2) is 36.6 Å². The lowest BCUT2D eigenvalue weighted by atomic mass is 10.0. The molecule has 1 aliphatic rings. The van der Waals surface area contributed by atoms with Crippen molar-refractivity contribution < 1.29 is 0 Å². The molecule has 3 nitrogen and oxygen atoms in total. The van der Waals surface area contributed by atoms with Crippen molar-refractivity contribution in [3.63, 3.8) is 0 Å². The molecule has 96 valence electrons. The van der Waals surface area contributed by atoms with E-state index in [9.17, 15) is 0 Å². The fraction of sp³-hybridized carbons (Fsp3) is 0.429. The molecule has 4 heteroatoms. The van der Waals surface area contributed by atoms with Crippen LogP contribution in [-0.2, 0) is 0 Å². The van der Waals surface area contributed by atoms with Gasteiger partial charge in [-0.3, -0.25) is 0 Å². The van der Waals surface area contributed by atoms with Crippen molar-refractivity contribution in [1.29, 1.82) is 0 Å². The topological polar surface area (TPSA) is 31.1 Å². The van der Waals surface area contributed by atoms with Crippen LogP contribution in [0.15, 0.2) is 18.2 Å². The Balaban J connectivity index is 2.07. The lowest BCUT2D eigenvalue weighted by Gasteiger charge is -2.31.